The number of hydrogen-bond acceptors (Lipinski definition) is 3. The van der Waals surface area contributed by atoms with Crippen LogP contribution in [0, 0.1) is 11.7 Å². The van der Waals surface area contributed by atoms with Gasteiger partial charge in [-0.2, -0.15) is 0 Å². The Hall–Kier alpha value is -2.44. The fourth-order valence-corrected chi connectivity index (χ4v) is 5.40. The summed E-state index contributed by atoms with van der Waals surface area (Å²) >= 11 is 0. The molecule has 1 atom stereocenters. The molecule has 1 aliphatic carbocycles. The number of anilines is 1. The number of ether oxygens (including phenoxy) is 1. The maximum Gasteiger partial charge on any atom is 0.426 e. The quantitative estimate of drug-likeness (QED) is 0.734. The molecule has 2 aliphatic heterocycles. The first-order valence-corrected chi connectivity index (χ1v) is 10.9. The van der Waals surface area contributed by atoms with Crippen LogP contribution in [-0.2, 0) is 5.41 Å². The summed E-state index contributed by atoms with van der Waals surface area (Å²) in [5.74, 6) is 1.10. The summed E-state index contributed by atoms with van der Waals surface area (Å²) in [4.78, 5) is 13.8. The highest BCUT2D eigenvalue weighted by molar-refractivity contribution is 5.99. The van der Waals surface area contributed by atoms with E-state index < -0.39 is 0 Å². The Morgan fingerprint density at radius 1 is 1.20 bits per heavy atom. The van der Waals surface area contributed by atoms with E-state index in [1.54, 1.807) is 13.2 Å². The van der Waals surface area contributed by atoms with Gasteiger partial charge >= 0.3 is 6.03 Å². The van der Waals surface area contributed by atoms with E-state index in [1.807, 2.05) is 30.3 Å². The number of fused-ring (bicyclic) bond motifs is 2. The lowest BCUT2D eigenvalue weighted by molar-refractivity contribution is 0.192. The van der Waals surface area contributed by atoms with Gasteiger partial charge in [0.1, 0.15) is 23.8 Å². The molecular weight excluding hydrogens is 381 g/mol. The van der Waals surface area contributed by atoms with Crippen LogP contribution in [0.25, 0.3) is 0 Å². The van der Waals surface area contributed by atoms with E-state index >= 15 is 0 Å². The molecule has 1 spiro atoms. The lowest BCUT2D eigenvalue weighted by atomic mass is 9.74. The van der Waals surface area contributed by atoms with Gasteiger partial charge in [-0.05, 0) is 75.2 Å². The maximum atomic E-state index is 14.3. The van der Waals surface area contributed by atoms with E-state index in [1.165, 1.54) is 18.9 Å². The van der Waals surface area contributed by atoms with Crippen LogP contribution >= 0.6 is 0 Å². The summed E-state index contributed by atoms with van der Waals surface area (Å²) in [5, 5.41) is 6.58. The molecule has 0 radical (unpaired) electrons. The van der Waals surface area contributed by atoms with Crippen LogP contribution in [0.5, 0.6) is 5.75 Å². The number of benzene rings is 2. The molecule has 6 heteroatoms. The van der Waals surface area contributed by atoms with Crippen molar-refractivity contribution in [1.29, 1.82) is 0 Å². The van der Waals surface area contributed by atoms with Gasteiger partial charge in [0.05, 0.1) is 19.1 Å². The highest BCUT2D eigenvalue weighted by Gasteiger charge is 2.58. The summed E-state index contributed by atoms with van der Waals surface area (Å²) in [6.45, 7) is 3.31. The lowest BCUT2D eigenvalue weighted by Crippen LogP contribution is -2.59. The number of carbonyl (C=O) groups is 1. The third-order valence-corrected chi connectivity index (χ3v) is 7.12. The fraction of sp³-hybridized carbons (Fsp3) is 0.458. The van der Waals surface area contributed by atoms with E-state index in [0.29, 0.717) is 12.5 Å². The van der Waals surface area contributed by atoms with Crippen molar-refractivity contribution in [3.05, 3.63) is 53.8 Å². The number of nitrogens with one attached hydrogen (secondary N) is 2. The largest absolute Gasteiger partial charge is 0.497 e. The number of urea groups is 1. The van der Waals surface area contributed by atoms with Crippen molar-refractivity contribution in [2.24, 2.45) is 5.92 Å². The van der Waals surface area contributed by atoms with Gasteiger partial charge in [0.15, 0.2) is 0 Å². The van der Waals surface area contributed by atoms with Gasteiger partial charge in [-0.3, -0.25) is 5.32 Å². The van der Waals surface area contributed by atoms with Gasteiger partial charge in [-0.25, -0.2) is 13.7 Å². The van der Waals surface area contributed by atoms with Gasteiger partial charge in [0, 0.05) is 23.2 Å². The van der Waals surface area contributed by atoms with Crippen LogP contribution < -0.4 is 19.9 Å². The predicted molar refractivity (Wildman–Crippen MR) is 116 cm³/mol. The number of quaternary nitrogens is 1. The van der Waals surface area contributed by atoms with Crippen molar-refractivity contribution in [3.63, 3.8) is 0 Å². The van der Waals surface area contributed by atoms with Crippen molar-refractivity contribution in [3.8, 4) is 5.75 Å². The molecule has 1 saturated carbocycles. The Balaban J connectivity index is 1.55. The highest BCUT2D eigenvalue weighted by atomic mass is 19.1. The number of rotatable bonds is 4. The normalized spacial score (nSPS) is 24.5. The molecule has 2 aromatic rings. The minimum absolute atomic E-state index is 0.0182. The second-order valence-electron chi connectivity index (χ2n) is 9.10. The lowest BCUT2D eigenvalue weighted by Gasteiger charge is -2.37. The average Bonchev–Trinajstić information content (AvgIpc) is 3.54. The monoisotopic (exact) mass is 410 g/mol. The number of amides is 2. The summed E-state index contributed by atoms with van der Waals surface area (Å²) in [7, 11) is 1.63. The summed E-state index contributed by atoms with van der Waals surface area (Å²) in [6.07, 6.45) is 4.20. The van der Waals surface area contributed by atoms with Crippen LogP contribution in [-0.4, -0.2) is 39.3 Å². The van der Waals surface area contributed by atoms with Gasteiger partial charge in [-0.15, -0.1) is 0 Å². The standard InChI is InChI=1S/C24H28FN3O2/c1-30-20-7-5-19(6-8-20)27-23(29)28(15-17-2-3-17)16-24(10-12-26-13-11-24)21-14-18(25)4-9-22(21)28/h4-9,14,17,26H,2-3,10-13,15-16H2,1H3/p+1. The molecule has 2 N–H and O–H groups in total. The molecule has 5 nitrogen and oxygen atoms in total. The van der Waals surface area contributed by atoms with Crippen LogP contribution in [0.3, 0.4) is 0 Å². The van der Waals surface area contributed by atoms with Gasteiger partial charge < -0.3 is 10.1 Å². The molecule has 2 aromatic carbocycles. The Bertz CT molecular complexity index is 951. The summed E-state index contributed by atoms with van der Waals surface area (Å²) in [6, 6.07) is 12.5. The minimum atomic E-state index is -0.214. The molecule has 2 heterocycles. The van der Waals surface area contributed by atoms with E-state index in [-0.39, 0.29) is 21.7 Å². The molecule has 0 bridgehead atoms. The number of nitrogens with zero attached hydrogens (tertiary/aromatic N) is 1. The van der Waals surface area contributed by atoms with Gasteiger partial charge in [0.2, 0.25) is 0 Å². The van der Waals surface area contributed by atoms with E-state index in [9.17, 15) is 9.18 Å². The zero-order valence-electron chi connectivity index (χ0n) is 17.4. The average molecular weight is 411 g/mol. The second kappa shape index (κ2) is 7.36. The zero-order chi connectivity index (χ0) is 20.8. The first-order valence-electron chi connectivity index (χ1n) is 10.9. The molecule has 158 valence electrons. The molecule has 5 rings (SSSR count). The van der Waals surface area contributed by atoms with Gasteiger partial charge in [-0.1, -0.05) is 0 Å². The number of carbonyl (C=O) groups excluding carboxylic acids is 1. The van der Waals surface area contributed by atoms with Crippen molar-refractivity contribution in [2.75, 3.05) is 38.6 Å². The van der Waals surface area contributed by atoms with Gasteiger partial charge in [0.25, 0.3) is 0 Å². The Morgan fingerprint density at radius 2 is 1.93 bits per heavy atom. The maximum absolute atomic E-state index is 14.3. The third kappa shape index (κ3) is 3.28. The molecule has 2 amide bonds. The molecular formula is C24H29FN3O2+. The number of piperidine rings is 1. The van der Waals surface area contributed by atoms with Crippen LogP contribution in [0.1, 0.15) is 31.2 Å². The fourth-order valence-electron chi connectivity index (χ4n) is 5.40. The van der Waals surface area contributed by atoms with Crippen molar-refractivity contribution < 1.29 is 13.9 Å². The van der Waals surface area contributed by atoms with E-state index in [2.05, 4.69) is 10.6 Å². The minimum Gasteiger partial charge on any atom is -0.497 e. The zero-order valence-corrected chi connectivity index (χ0v) is 17.4. The smallest absolute Gasteiger partial charge is 0.426 e. The van der Waals surface area contributed by atoms with Crippen molar-refractivity contribution in [2.45, 2.75) is 31.1 Å². The second-order valence-corrected chi connectivity index (χ2v) is 9.10. The van der Waals surface area contributed by atoms with Crippen molar-refractivity contribution in [1.82, 2.24) is 9.80 Å². The van der Waals surface area contributed by atoms with Crippen LogP contribution in [0.2, 0.25) is 0 Å². The number of hydrogen-bond donors (Lipinski definition) is 2. The Kier molecular flexibility index (Phi) is 4.79. The molecule has 30 heavy (non-hydrogen) atoms. The number of methoxy groups -OCH3 is 1. The van der Waals surface area contributed by atoms with Crippen LogP contribution in [0.4, 0.5) is 20.6 Å². The topological polar surface area (TPSA) is 50.4 Å². The van der Waals surface area contributed by atoms with Crippen LogP contribution in [0.15, 0.2) is 42.5 Å². The first kappa shape index (κ1) is 19.5. The molecule has 1 saturated heterocycles. The van der Waals surface area contributed by atoms with E-state index in [0.717, 1.165) is 55.2 Å². The molecule has 0 aromatic heterocycles. The third-order valence-electron chi connectivity index (χ3n) is 7.12. The summed E-state index contributed by atoms with van der Waals surface area (Å²) < 4.78 is 19.8. The SMILES string of the molecule is COc1ccc(NC(=O)[N+]2(CC3CC3)CC3(CCNCC3)c3cc(F)ccc32)cc1. The molecule has 3 aliphatic rings. The van der Waals surface area contributed by atoms with Crippen molar-refractivity contribution >= 4 is 17.4 Å². The Morgan fingerprint density at radius 3 is 2.60 bits per heavy atom. The predicted octanol–water partition coefficient (Wildman–Crippen LogP) is 4.42. The first-order chi connectivity index (χ1) is 14.5. The number of halogens is 1. The van der Waals surface area contributed by atoms with E-state index in [4.69, 9.17) is 4.74 Å². The molecule has 1 unspecified atom stereocenters. The summed E-state index contributed by atoms with van der Waals surface area (Å²) in [5.41, 5.74) is 2.63. The highest BCUT2D eigenvalue weighted by Crippen LogP contribution is 2.52. The molecule has 2 fully saturated rings. The Labute approximate surface area is 176 Å².